The van der Waals surface area contributed by atoms with Gasteiger partial charge in [0.2, 0.25) is 0 Å². The third kappa shape index (κ3) is 3.24. The van der Waals surface area contributed by atoms with Crippen molar-refractivity contribution in [3.05, 3.63) is 83.7 Å². The zero-order valence-corrected chi connectivity index (χ0v) is 16.3. The van der Waals surface area contributed by atoms with Crippen molar-refractivity contribution in [2.45, 2.75) is 0 Å². The van der Waals surface area contributed by atoms with Gasteiger partial charge in [0, 0.05) is 10.4 Å². The van der Waals surface area contributed by atoms with Crippen LogP contribution in [0, 0.1) is 0 Å². The van der Waals surface area contributed by atoms with Gasteiger partial charge in [-0.25, -0.2) is 4.98 Å². The average molecular weight is 402 g/mol. The van der Waals surface area contributed by atoms with Crippen molar-refractivity contribution in [3.8, 4) is 0 Å². The minimum absolute atomic E-state index is 0.112. The number of thiophene rings is 1. The summed E-state index contributed by atoms with van der Waals surface area (Å²) in [5, 5.41) is 8.23. The topological polar surface area (TPSA) is 54.0 Å². The molecule has 0 fully saturated rings. The van der Waals surface area contributed by atoms with Gasteiger partial charge in [-0.05, 0) is 41.8 Å². The minimum Gasteiger partial charge on any atom is -0.332 e. The predicted octanol–water partition coefficient (Wildman–Crippen LogP) is 6.51. The third-order valence-electron chi connectivity index (χ3n) is 4.34. The van der Waals surface area contributed by atoms with E-state index in [4.69, 9.17) is 4.98 Å². The fourth-order valence-corrected chi connectivity index (χ4v) is 4.90. The number of rotatable bonds is 4. The first-order valence-electron chi connectivity index (χ1n) is 8.78. The molecule has 5 aromatic rings. The second-order valence-electron chi connectivity index (χ2n) is 6.26. The second kappa shape index (κ2) is 7.07. The average Bonchev–Trinajstić information content (AvgIpc) is 3.33. The first kappa shape index (κ1) is 16.9. The van der Waals surface area contributed by atoms with E-state index >= 15 is 0 Å². The van der Waals surface area contributed by atoms with Crippen LogP contribution < -0.4 is 10.6 Å². The molecule has 0 saturated carbocycles. The highest BCUT2D eigenvalue weighted by Gasteiger charge is 2.14. The lowest BCUT2D eigenvalue weighted by Gasteiger charge is -2.04. The molecular weight excluding hydrogens is 386 g/mol. The summed E-state index contributed by atoms with van der Waals surface area (Å²) in [6.07, 6.45) is 0. The second-order valence-corrected chi connectivity index (χ2v) is 8.38. The Morgan fingerprint density at radius 2 is 1.61 bits per heavy atom. The number of fused-ring (bicyclic) bond motifs is 2. The molecule has 0 atom stereocenters. The Morgan fingerprint density at radius 3 is 2.46 bits per heavy atom. The fraction of sp³-hybridized carbons (Fsp3) is 0. The van der Waals surface area contributed by atoms with E-state index in [1.807, 2.05) is 78.9 Å². The zero-order chi connectivity index (χ0) is 18.9. The van der Waals surface area contributed by atoms with Crippen LogP contribution in [-0.2, 0) is 0 Å². The Hall–Kier alpha value is -3.22. The molecule has 0 spiro atoms. The van der Waals surface area contributed by atoms with Crippen molar-refractivity contribution in [3.63, 3.8) is 0 Å². The van der Waals surface area contributed by atoms with Crippen molar-refractivity contribution in [2.75, 3.05) is 10.6 Å². The summed E-state index contributed by atoms with van der Waals surface area (Å²) in [5.74, 6) is -0.112. The van der Waals surface area contributed by atoms with E-state index in [-0.39, 0.29) is 5.91 Å². The van der Waals surface area contributed by atoms with E-state index in [0.717, 1.165) is 36.8 Å². The molecule has 136 valence electrons. The monoisotopic (exact) mass is 401 g/mol. The van der Waals surface area contributed by atoms with Crippen LogP contribution in [0.1, 0.15) is 9.67 Å². The predicted molar refractivity (Wildman–Crippen MR) is 119 cm³/mol. The van der Waals surface area contributed by atoms with Crippen LogP contribution >= 0.6 is 22.7 Å². The van der Waals surface area contributed by atoms with Crippen molar-refractivity contribution in [1.82, 2.24) is 4.98 Å². The number of nitrogens with one attached hydrogen (secondary N) is 2. The lowest BCUT2D eigenvalue weighted by Crippen LogP contribution is -2.10. The largest absolute Gasteiger partial charge is 0.332 e. The number of anilines is 3. The van der Waals surface area contributed by atoms with Gasteiger partial charge in [-0.3, -0.25) is 4.79 Å². The summed E-state index contributed by atoms with van der Waals surface area (Å²) in [6.45, 7) is 0. The Morgan fingerprint density at radius 1 is 0.821 bits per heavy atom. The highest BCUT2D eigenvalue weighted by atomic mass is 32.1. The first-order chi connectivity index (χ1) is 13.8. The molecular formula is C22H15N3OS2. The molecule has 2 heterocycles. The summed E-state index contributed by atoms with van der Waals surface area (Å²) >= 11 is 3.06. The van der Waals surface area contributed by atoms with E-state index in [1.54, 1.807) is 11.3 Å². The summed E-state index contributed by atoms with van der Waals surface area (Å²) < 4.78 is 2.13. The molecule has 28 heavy (non-hydrogen) atoms. The van der Waals surface area contributed by atoms with Crippen molar-refractivity contribution >= 4 is 65.4 Å². The van der Waals surface area contributed by atoms with Gasteiger partial charge in [0.1, 0.15) is 5.52 Å². The number of hydrogen-bond acceptors (Lipinski definition) is 5. The Labute approximate surface area is 169 Å². The molecule has 0 aliphatic carbocycles. The molecule has 3 aromatic carbocycles. The van der Waals surface area contributed by atoms with E-state index in [9.17, 15) is 4.79 Å². The Kier molecular flexibility index (Phi) is 4.27. The highest BCUT2D eigenvalue weighted by Crippen LogP contribution is 2.33. The van der Waals surface area contributed by atoms with Crippen molar-refractivity contribution in [2.24, 2.45) is 0 Å². The van der Waals surface area contributed by atoms with Crippen LogP contribution in [0.5, 0.6) is 0 Å². The first-order valence-corrected chi connectivity index (χ1v) is 10.4. The molecule has 4 nitrogen and oxygen atoms in total. The van der Waals surface area contributed by atoms with E-state index in [1.165, 1.54) is 11.3 Å². The molecule has 2 aromatic heterocycles. The standard InChI is InChI=1S/C22H15N3OS2/c26-21(19-13-14-7-4-5-11-17(14)27-19)24-16-10-6-12-18-20(16)25-22(28-18)23-15-8-2-1-3-9-15/h1-13H,(H,23,25)(H,24,26). The van der Waals surface area contributed by atoms with Crippen LogP contribution in [0.25, 0.3) is 20.3 Å². The van der Waals surface area contributed by atoms with Gasteiger partial charge in [0.15, 0.2) is 5.13 Å². The van der Waals surface area contributed by atoms with Gasteiger partial charge in [0.05, 0.1) is 15.3 Å². The van der Waals surface area contributed by atoms with Gasteiger partial charge in [-0.2, -0.15) is 0 Å². The van der Waals surface area contributed by atoms with Crippen LogP contribution in [0.3, 0.4) is 0 Å². The number of nitrogens with zero attached hydrogens (tertiary/aromatic N) is 1. The van der Waals surface area contributed by atoms with Crippen LogP contribution in [0.2, 0.25) is 0 Å². The number of para-hydroxylation sites is 2. The SMILES string of the molecule is O=C(Nc1cccc2sc(Nc3ccccc3)nc12)c1cc2ccccc2s1. The van der Waals surface area contributed by atoms with Crippen molar-refractivity contribution < 1.29 is 4.79 Å². The summed E-state index contributed by atoms with van der Waals surface area (Å²) in [7, 11) is 0. The number of amides is 1. The third-order valence-corrected chi connectivity index (χ3v) is 6.39. The molecule has 0 radical (unpaired) electrons. The van der Waals surface area contributed by atoms with Gasteiger partial charge in [-0.1, -0.05) is 53.8 Å². The molecule has 0 aliphatic heterocycles. The van der Waals surface area contributed by atoms with Crippen LogP contribution in [0.15, 0.2) is 78.9 Å². The number of aromatic nitrogens is 1. The number of benzene rings is 3. The molecule has 0 unspecified atom stereocenters. The molecule has 0 bridgehead atoms. The molecule has 2 N–H and O–H groups in total. The number of carbonyl (C=O) groups excluding carboxylic acids is 1. The summed E-state index contributed by atoms with van der Waals surface area (Å²) in [5.41, 5.74) is 2.50. The molecule has 0 aliphatic rings. The fourth-order valence-electron chi connectivity index (χ4n) is 3.03. The summed E-state index contributed by atoms with van der Waals surface area (Å²) in [4.78, 5) is 18.2. The zero-order valence-electron chi connectivity index (χ0n) is 14.7. The quantitative estimate of drug-likeness (QED) is 0.361. The highest BCUT2D eigenvalue weighted by molar-refractivity contribution is 7.22. The maximum atomic E-state index is 12.8. The van der Waals surface area contributed by atoms with Crippen LogP contribution in [0.4, 0.5) is 16.5 Å². The minimum atomic E-state index is -0.112. The lowest BCUT2D eigenvalue weighted by atomic mass is 10.2. The Balaban J connectivity index is 1.44. The van der Waals surface area contributed by atoms with Gasteiger partial charge in [0.25, 0.3) is 5.91 Å². The molecule has 6 heteroatoms. The molecule has 1 amide bonds. The lowest BCUT2D eigenvalue weighted by molar-refractivity contribution is 0.103. The van der Waals surface area contributed by atoms with E-state index in [0.29, 0.717) is 4.88 Å². The Bertz CT molecular complexity index is 1260. The number of thiazole rings is 1. The number of hydrogen-bond donors (Lipinski definition) is 2. The smallest absolute Gasteiger partial charge is 0.265 e. The van der Waals surface area contributed by atoms with Gasteiger partial charge >= 0.3 is 0 Å². The van der Waals surface area contributed by atoms with E-state index < -0.39 is 0 Å². The molecule has 0 saturated heterocycles. The summed E-state index contributed by atoms with van der Waals surface area (Å²) in [6, 6.07) is 25.7. The normalized spacial score (nSPS) is 11.0. The van der Waals surface area contributed by atoms with E-state index in [2.05, 4.69) is 10.6 Å². The van der Waals surface area contributed by atoms with Crippen LogP contribution in [-0.4, -0.2) is 10.9 Å². The number of carbonyl (C=O) groups is 1. The van der Waals surface area contributed by atoms with Gasteiger partial charge in [-0.15, -0.1) is 11.3 Å². The van der Waals surface area contributed by atoms with Crippen molar-refractivity contribution in [1.29, 1.82) is 0 Å². The maximum absolute atomic E-state index is 12.8. The van der Waals surface area contributed by atoms with Gasteiger partial charge < -0.3 is 10.6 Å². The molecule has 5 rings (SSSR count). The maximum Gasteiger partial charge on any atom is 0.265 e.